The van der Waals surface area contributed by atoms with Gasteiger partial charge < -0.3 is 9.73 Å². The molecule has 0 radical (unpaired) electrons. The van der Waals surface area contributed by atoms with Gasteiger partial charge >= 0.3 is 0 Å². The summed E-state index contributed by atoms with van der Waals surface area (Å²) in [6.45, 7) is 1.97. The molecule has 7 nitrogen and oxygen atoms in total. The molecule has 0 saturated heterocycles. The molecule has 1 N–H and O–H groups in total. The number of aromatic nitrogens is 3. The monoisotopic (exact) mass is 410 g/mol. The minimum atomic E-state index is -3.58. The first kappa shape index (κ1) is 16.7. The Bertz CT molecular complexity index is 936. The van der Waals surface area contributed by atoms with Gasteiger partial charge in [-0.15, -0.1) is 9.19 Å². The van der Waals surface area contributed by atoms with E-state index in [4.69, 9.17) is 4.42 Å². The maximum absolute atomic E-state index is 12.3. The predicted molar refractivity (Wildman–Crippen MR) is 94.1 cm³/mol. The van der Waals surface area contributed by atoms with E-state index in [1.165, 1.54) is 6.26 Å². The van der Waals surface area contributed by atoms with E-state index in [2.05, 4.69) is 31.3 Å². The predicted octanol–water partition coefficient (Wildman–Crippen LogP) is 3.11. The van der Waals surface area contributed by atoms with Gasteiger partial charge in [-0.1, -0.05) is 28.1 Å². The maximum Gasteiger partial charge on any atom is 0.256 e. The summed E-state index contributed by atoms with van der Waals surface area (Å²) in [4.78, 5) is 4.26. The first-order chi connectivity index (χ1) is 11.5. The zero-order valence-electron chi connectivity index (χ0n) is 12.8. The third-order valence-corrected chi connectivity index (χ3v) is 5.29. The molecule has 3 aromatic rings. The van der Waals surface area contributed by atoms with E-state index in [-0.39, 0.29) is 17.5 Å². The zero-order valence-corrected chi connectivity index (χ0v) is 15.2. The second kappa shape index (κ2) is 6.78. The van der Waals surface area contributed by atoms with Crippen molar-refractivity contribution in [1.29, 1.82) is 0 Å². The maximum atomic E-state index is 12.3. The number of rotatable bonds is 6. The van der Waals surface area contributed by atoms with Crippen LogP contribution in [0, 0.1) is 0 Å². The second-order valence-corrected chi connectivity index (χ2v) is 7.97. The molecular formula is C15H15BrN4O3S. The first-order valence-electron chi connectivity index (χ1n) is 7.22. The fourth-order valence-electron chi connectivity index (χ4n) is 2.06. The fraction of sp³-hybridized carbons (Fsp3) is 0.200. The second-order valence-electron chi connectivity index (χ2n) is 4.96. The van der Waals surface area contributed by atoms with Gasteiger partial charge in [-0.05, 0) is 36.8 Å². The molecule has 0 unspecified atom stereocenters. The molecule has 0 atom stereocenters. The van der Waals surface area contributed by atoms with E-state index in [1.807, 2.05) is 24.3 Å². The van der Waals surface area contributed by atoms with Crippen LogP contribution < -0.4 is 5.32 Å². The summed E-state index contributed by atoms with van der Waals surface area (Å²) >= 11 is 3.41. The summed E-state index contributed by atoms with van der Waals surface area (Å²) in [5, 5.41) is 7.10. The fourth-order valence-corrected chi connectivity index (χ4v) is 3.32. The van der Waals surface area contributed by atoms with Crippen molar-refractivity contribution in [3.05, 3.63) is 52.7 Å². The van der Waals surface area contributed by atoms with Gasteiger partial charge in [-0.2, -0.15) is 4.98 Å². The summed E-state index contributed by atoms with van der Waals surface area (Å²) in [5.41, 5.74) is 0.979. The van der Waals surface area contributed by atoms with E-state index < -0.39 is 10.0 Å². The smallest absolute Gasteiger partial charge is 0.256 e. The molecule has 2 aromatic heterocycles. The third-order valence-electron chi connectivity index (χ3n) is 3.29. The quantitative estimate of drug-likeness (QED) is 0.671. The Morgan fingerprint density at radius 3 is 2.79 bits per heavy atom. The van der Waals surface area contributed by atoms with Crippen LogP contribution in [0.4, 0.5) is 5.95 Å². The average Bonchev–Trinajstić information content (AvgIpc) is 3.22. The summed E-state index contributed by atoms with van der Waals surface area (Å²) in [6.07, 6.45) is 1.49. The highest BCUT2D eigenvalue weighted by molar-refractivity contribution is 9.10. The topological polar surface area (TPSA) is 90.0 Å². The lowest BCUT2D eigenvalue weighted by atomic mass is 10.2. The van der Waals surface area contributed by atoms with Gasteiger partial charge in [0.2, 0.25) is 11.8 Å². The van der Waals surface area contributed by atoms with E-state index in [0.717, 1.165) is 14.1 Å². The van der Waals surface area contributed by atoms with Crippen molar-refractivity contribution in [1.82, 2.24) is 14.2 Å². The Labute approximate surface area is 147 Å². The lowest BCUT2D eigenvalue weighted by Gasteiger charge is -2.07. The Morgan fingerprint density at radius 2 is 2.12 bits per heavy atom. The molecule has 1 aromatic carbocycles. The largest absolute Gasteiger partial charge is 0.461 e. The lowest BCUT2D eigenvalue weighted by molar-refractivity contribution is 0.574. The molecule has 0 saturated carbocycles. The molecular weight excluding hydrogens is 396 g/mol. The first-order valence-corrected chi connectivity index (χ1v) is 9.62. The SMILES string of the molecule is CCS(=O)(=O)n1nc(-c2ccco2)nc1NCc1cccc(Br)c1. The Kier molecular flexibility index (Phi) is 4.72. The Hall–Kier alpha value is -2.13. The number of hydrogen-bond acceptors (Lipinski definition) is 6. The molecule has 0 aliphatic rings. The standard InChI is InChI=1S/C15H15BrN4O3S/c1-2-24(21,22)20-15(17-10-11-5-3-6-12(16)9-11)18-14(19-20)13-7-4-8-23-13/h3-9H,2,10H2,1H3,(H,17,18,19). The van der Waals surface area contributed by atoms with Crippen molar-refractivity contribution in [2.75, 3.05) is 11.1 Å². The minimum Gasteiger partial charge on any atom is -0.461 e. The van der Waals surface area contributed by atoms with Crippen molar-refractivity contribution >= 4 is 31.9 Å². The van der Waals surface area contributed by atoms with Gasteiger partial charge in [0.25, 0.3) is 10.0 Å². The molecule has 0 spiro atoms. The molecule has 0 bridgehead atoms. The highest BCUT2D eigenvalue weighted by Gasteiger charge is 2.21. The van der Waals surface area contributed by atoms with E-state index >= 15 is 0 Å². The van der Waals surface area contributed by atoms with Crippen LogP contribution in [0.3, 0.4) is 0 Å². The minimum absolute atomic E-state index is 0.0838. The van der Waals surface area contributed by atoms with Crippen molar-refractivity contribution in [3.63, 3.8) is 0 Å². The van der Waals surface area contributed by atoms with Crippen LogP contribution in [-0.4, -0.2) is 28.3 Å². The van der Waals surface area contributed by atoms with Crippen LogP contribution in [0.1, 0.15) is 12.5 Å². The van der Waals surface area contributed by atoms with Crippen molar-refractivity contribution in [2.24, 2.45) is 0 Å². The van der Waals surface area contributed by atoms with E-state index in [0.29, 0.717) is 12.3 Å². The normalized spacial score (nSPS) is 11.6. The molecule has 126 valence electrons. The Morgan fingerprint density at radius 1 is 1.29 bits per heavy atom. The van der Waals surface area contributed by atoms with Gasteiger partial charge in [0.15, 0.2) is 5.76 Å². The number of nitrogens with zero attached hydrogens (tertiary/aromatic N) is 3. The molecule has 0 fully saturated rings. The van der Waals surface area contributed by atoms with Crippen LogP contribution in [-0.2, 0) is 16.6 Å². The van der Waals surface area contributed by atoms with Gasteiger partial charge in [-0.3, -0.25) is 0 Å². The Balaban J connectivity index is 1.93. The zero-order chi connectivity index (χ0) is 17.2. The number of anilines is 1. The number of halogens is 1. The van der Waals surface area contributed by atoms with Gasteiger partial charge in [0.05, 0.1) is 12.0 Å². The van der Waals surface area contributed by atoms with E-state index in [1.54, 1.807) is 19.1 Å². The molecule has 2 heterocycles. The van der Waals surface area contributed by atoms with Crippen LogP contribution in [0.2, 0.25) is 0 Å². The van der Waals surface area contributed by atoms with E-state index in [9.17, 15) is 8.42 Å². The van der Waals surface area contributed by atoms with Crippen molar-refractivity contribution < 1.29 is 12.8 Å². The highest BCUT2D eigenvalue weighted by atomic mass is 79.9. The van der Waals surface area contributed by atoms with Crippen molar-refractivity contribution in [3.8, 4) is 11.6 Å². The lowest BCUT2D eigenvalue weighted by Crippen LogP contribution is -2.19. The molecule has 0 aliphatic heterocycles. The summed E-state index contributed by atoms with van der Waals surface area (Å²) in [5.74, 6) is 0.696. The summed E-state index contributed by atoms with van der Waals surface area (Å²) < 4.78 is 31.6. The van der Waals surface area contributed by atoms with Gasteiger partial charge in [-0.25, -0.2) is 8.42 Å². The van der Waals surface area contributed by atoms with Crippen molar-refractivity contribution in [2.45, 2.75) is 13.5 Å². The number of benzene rings is 1. The molecule has 24 heavy (non-hydrogen) atoms. The molecule has 0 amide bonds. The molecule has 9 heteroatoms. The number of hydrogen-bond donors (Lipinski definition) is 1. The summed E-state index contributed by atoms with van der Waals surface area (Å²) in [7, 11) is -3.58. The molecule has 0 aliphatic carbocycles. The number of nitrogens with one attached hydrogen (secondary N) is 1. The highest BCUT2D eigenvalue weighted by Crippen LogP contribution is 2.20. The van der Waals surface area contributed by atoms with Crippen LogP contribution in [0.25, 0.3) is 11.6 Å². The van der Waals surface area contributed by atoms with Gasteiger partial charge in [0, 0.05) is 11.0 Å². The van der Waals surface area contributed by atoms with Crippen LogP contribution in [0.5, 0.6) is 0 Å². The number of furan rings is 1. The molecule has 3 rings (SSSR count). The van der Waals surface area contributed by atoms with Gasteiger partial charge in [0.1, 0.15) is 0 Å². The summed E-state index contributed by atoms with van der Waals surface area (Å²) in [6, 6.07) is 11.1. The third kappa shape index (κ3) is 3.51. The average molecular weight is 411 g/mol. The van der Waals surface area contributed by atoms with Crippen LogP contribution in [0.15, 0.2) is 51.6 Å². The van der Waals surface area contributed by atoms with Crippen LogP contribution >= 0.6 is 15.9 Å².